The molecule has 0 heterocycles. The van der Waals surface area contributed by atoms with Gasteiger partial charge in [-0.2, -0.15) is 0 Å². The van der Waals surface area contributed by atoms with Gasteiger partial charge in [0.15, 0.2) is 0 Å². The van der Waals surface area contributed by atoms with Crippen LogP contribution >= 0.6 is 11.6 Å². The molecule has 0 radical (unpaired) electrons. The topological polar surface area (TPSA) is 58.6 Å². The summed E-state index contributed by atoms with van der Waals surface area (Å²) in [5.41, 5.74) is 0.958. The van der Waals surface area contributed by atoms with Gasteiger partial charge in [-0.1, -0.05) is 35.9 Å². The number of aromatic hydroxyl groups is 1. The molecule has 0 aromatic heterocycles. The maximum Gasteiger partial charge on any atom is 0.257 e. The lowest BCUT2D eigenvalue weighted by Crippen LogP contribution is -2.12. The molecule has 2 N–H and O–H groups in total. The molecule has 0 bridgehead atoms. The summed E-state index contributed by atoms with van der Waals surface area (Å²) < 4.78 is 5.07. The van der Waals surface area contributed by atoms with Crippen molar-refractivity contribution in [2.24, 2.45) is 0 Å². The number of benzene rings is 3. The van der Waals surface area contributed by atoms with Crippen LogP contribution in [-0.2, 0) is 0 Å². The fourth-order valence-electron chi connectivity index (χ4n) is 2.39. The molecule has 3 rings (SSSR count). The van der Waals surface area contributed by atoms with Crippen LogP contribution in [0.2, 0.25) is 5.02 Å². The van der Waals surface area contributed by atoms with Crippen LogP contribution in [0.5, 0.6) is 11.5 Å². The van der Waals surface area contributed by atoms with Crippen molar-refractivity contribution < 1.29 is 14.6 Å². The third-order valence-corrected chi connectivity index (χ3v) is 3.88. The van der Waals surface area contributed by atoms with E-state index in [2.05, 4.69) is 5.32 Å². The normalized spacial score (nSPS) is 10.5. The molecule has 4 nitrogen and oxygen atoms in total. The van der Waals surface area contributed by atoms with Gasteiger partial charge in [-0.05, 0) is 30.3 Å². The van der Waals surface area contributed by atoms with Gasteiger partial charge in [-0.3, -0.25) is 4.79 Å². The number of hydrogen-bond donors (Lipinski definition) is 2. The summed E-state index contributed by atoms with van der Waals surface area (Å²) in [6.45, 7) is 0. The summed E-state index contributed by atoms with van der Waals surface area (Å²) in [6.07, 6.45) is 0. The van der Waals surface area contributed by atoms with Crippen molar-refractivity contribution in [1.29, 1.82) is 0 Å². The van der Waals surface area contributed by atoms with Crippen molar-refractivity contribution in [3.05, 3.63) is 65.2 Å². The highest BCUT2D eigenvalue weighted by atomic mass is 35.5. The Balaban J connectivity index is 1.96. The monoisotopic (exact) mass is 327 g/mol. The number of ether oxygens (including phenoxy) is 1. The Hall–Kier alpha value is -2.72. The first kappa shape index (κ1) is 15.2. The molecule has 0 aliphatic rings. The van der Waals surface area contributed by atoms with E-state index in [-0.39, 0.29) is 11.7 Å². The third-order valence-electron chi connectivity index (χ3n) is 3.57. The number of carbonyl (C=O) groups is 1. The molecular weight excluding hydrogens is 314 g/mol. The van der Waals surface area contributed by atoms with Crippen molar-refractivity contribution in [2.75, 3.05) is 12.4 Å². The van der Waals surface area contributed by atoms with Gasteiger partial charge in [0, 0.05) is 16.5 Å². The van der Waals surface area contributed by atoms with E-state index in [1.54, 1.807) is 36.4 Å². The summed E-state index contributed by atoms with van der Waals surface area (Å²) in [5, 5.41) is 14.5. The summed E-state index contributed by atoms with van der Waals surface area (Å²) in [5.74, 6) is 0.427. The SMILES string of the molecule is COc1ccc(C(=O)Nc2ccc(O)c3ccccc23)c(Cl)c1. The van der Waals surface area contributed by atoms with E-state index in [0.29, 0.717) is 27.4 Å². The molecule has 0 spiro atoms. The van der Waals surface area contributed by atoms with Crippen LogP contribution in [0.25, 0.3) is 10.8 Å². The van der Waals surface area contributed by atoms with E-state index < -0.39 is 0 Å². The zero-order valence-electron chi connectivity index (χ0n) is 12.3. The first-order chi connectivity index (χ1) is 11.1. The Labute approximate surface area is 138 Å². The molecule has 3 aromatic carbocycles. The quantitative estimate of drug-likeness (QED) is 0.698. The fraction of sp³-hybridized carbons (Fsp3) is 0.0556. The standard InChI is InChI=1S/C18H14ClNO3/c1-23-11-6-7-14(15(19)10-11)18(22)20-16-8-9-17(21)13-5-3-2-4-12(13)16/h2-10,21H,1H3,(H,20,22). The Morgan fingerprint density at radius 2 is 1.83 bits per heavy atom. The predicted molar refractivity (Wildman–Crippen MR) is 91.6 cm³/mol. The zero-order chi connectivity index (χ0) is 16.4. The summed E-state index contributed by atoms with van der Waals surface area (Å²) in [4.78, 5) is 12.5. The molecule has 116 valence electrons. The van der Waals surface area contributed by atoms with Gasteiger partial charge in [0.05, 0.1) is 17.7 Å². The highest BCUT2D eigenvalue weighted by Crippen LogP contribution is 2.31. The van der Waals surface area contributed by atoms with Gasteiger partial charge in [0.2, 0.25) is 0 Å². The highest BCUT2D eigenvalue weighted by Gasteiger charge is 2.13. The molecule has 0 saturated carbocycles. The second-order valence-corrected chi connectivity index (χ2v) is 5.38. The molecule has 0 atom stereocenters. The number of hydrogen-bond acceptors (Lipinski definition) is 3. The number of phenols is 1. The number of anilines is 1. The van der Waals surface area contributed by atoms with E-state index in [4.69, 9.17) is 16.3 Å². The molecule has 0 aliphatic carbocycles. The Kier molecular flexibility index (Phi) is 4.08. The number of nitrogens with one attached hydrogen (secondary N) is 1. The number of rotatable bonds is 3. The number of halogens is 1. The minimum absolute atomic E-state index is 0.168. The average molecular weight is 328 g/mol. The van der Waals surface area contributed by atoms with Crippen molar-refractivity contribution in [1.82, 2.24) is 0 Å². The highest BCUT2D eigenvalue weighted by molar-refractivity contribution is 6.34. The van der Waals surface area contributed by atoms with Gasteiger partial charge in [-0.25, -0.2) is 0 Å². The van der Waals surface area contributed by atoms with Crippen LogP contribution in [-0.4, -0.2) is 18.1 Å². The van der Waals surface area contributed by atoms with Crippen molar-refractivity contribution in [3.8, 4) is 11.5 Å². The third kappa shape index (κ3) is 2.94. The molecule has 0 unspecified atom stereocenters. The molecule has 0 saturated heterocycles. The average Bonchev–Trinajstić information content (AvgIpc) is 2.57. The van der Waals surface area contributed by atoms with E-state index in [1.165, 1.54) is 7.11 Å². The van der Waals surface area contributed by atoms with Crippen LogP contribution in [0.15, 0.2) is 54.6 Å². The second kappa shape index (κ2) is 6.18. The molecule has 0 aliphatic heterocycles. The summed E-state index contributed by atoms with van der Waals surface area (Å²) in [6, 6.07) is 15.4. The van der Waals surface area contributed by atoms with Gasteiger partial charge >= 0.3 is 0 Å². The molecule has 1 amide bonds. The van der Waals surface area contributed by atoms with Crippen molar-refractivity contribution in [3.63, 3.8) is 0 Å². The first-order valence-corrected chi connectivity index (χ1v) is 7.33. The molecular formula is C18H14ClNO3. The lowest BCUT2D eigenvalue weighted by atomic mass is 10.1. The smallest absolute Gasteiger partial charge is 0.257 e. The fourth-order valence-corrected chi connectivity index (χ4v) is 2.65. The van der Waals surface area contributed by atoms with E-state index in [0.717, 1.165) is 5.39 Å². The van der Waals surface area contributed by atoms with Crippen LogP contribution in [0.1, 0.15) is 10.4 Å². The Morgan fingerprint density at radius 3 is 2.52 bits per heavy atom. The second-order valence-electron chi connectivity index (χ2n) is 4.98. The number of phenolic OH excluding ortho intramolecular Hbond substituents is 1. The lowest BCUT2D eigenvalue weighted by Gasteiger charge is -2.11. The van der Waals surface area contributed by atoms with Gasteiger partial charge in [0.1, 0.15) is 11.5 Å². The van der Waals surface area contributed by atoms with Crippen molar-refractivity contribution >= 4 is 34.0 Å². The Morgan fingerprint density at radius 1 is 1.09 bits per heavy atom. The van der Waals surface area contributed by atoms with Gasteiger partial charge < -0.3 is 15.2 Å². The zero-order valence-corrected chi connectivity index (χ0v) is 13.1. The minimum atomic E-state index is -0.325. The van der Waals surface area contributed by atoms with Crippen LogP contribution in [0, 0.1) is 0 Å². The molecule has 3 aromatic rings. The van der Waals surface area contributed by atoms with Crippen LogP contribution in [0.4, 0.5) is 5.69 Å². The number of amides is 1. The lowest BCUT2D eigenvalue weighted by molar-refractivity contribution is 0.102. The van der Waals surface area contributed by atoms with Gasteiger partial charge in [0.25, 0.3) is 5.91 Å². The first-order valence-electron chi connectivity index (χ1n) is 6.96. The number of fused-ring (bicyclic) bond motifs is 1. The number of methoxy groups -OCH3 is 1. The molecule has 0 fully saturated rings. The van der Waals surface area contributed by atoms with E-state index in [1.807, 2.05) is 18.2 Å². The van der Waals surface area contributed by atoms with Crippen LogP contribution in [0.3, 0.4) is 0 Å². The van der Waals surface area contributed by atoms with E-state index in [9.17, 15) is 9.90 Å². The summed E-state index contributed by atoms with van der Waals surface area (Å²) in [7, 11) is 1.54. The number of carbonyl (C=O) groups excluding carboxylic acids is 1. The van der Waals surface area contributed by atoms with Crippen molar-refractivity contribution in [2.45, 2.75) is 0 Å². The minimum Gasteiger partial charge on any atom is -0.507 e. The maximum absolute atomic E-state index is 12.5. The largest absolute Gasteiger partial charge is 0.507 e. The maximum atomic E-state index is 12.5. The Bertz CT molecular complexity index is 893. The predicted octanol–water partition coefficient (Wildman–Crippen LogP) is 4.46. The molecule has 5 heteroatoms. The summed E-state index contributed by atoms with van der Waals surface area (Å²) >= 11 is 6.13. The van der Waals surface area contributed by atoms with Crippen LogP contribution < -0.4 is 10.1 Å². The van der Waals surface area contributed by atoms with Gasteiger partial charge in [-0.15, -0.1) is 0 Å². The van der Waals surface area contributed by atoms with E-state index >= 15 is 0 Å². The molecule has 23 heavy (non-hydrogen) atoms.